The van der Waals surface area contributed by atoms with Crippen molar-refractivity contribution >= 4 is 50.5 Å². The fraction of sp³-hybridized carbons (Fsp3) is 0. The minimum Gasteiger partial charge on any atom is -0.505 e. The van der Waals surface area contributed by atoms with Crippen LogP contribution in [0.3, 0.4) is 0 Å². The fourth-order valence-electron chi connectivity index (χ4n) is 0.780. The molecule has 13 heavy (non-hydrogen) atoms. The van der Waals surface area contributed by atoms with E-state index in [1.54, 1.807) is 6.07 Å². The lowest BCUT2D eigenvalue weighted by Crippen LogP contribution is -2.18. The fourth-order valence-corrected chi connectivity index (χ4v) is 1.69. The van der Waals surface area contributed by atoms with Crippen molar-refractivity contribution in [1.82, 2.24) is 0 Å². The molecule has 4 N–H and O–H groups in total. The Labute approximate surface area is 94.0 Å². The van der Waals surface area contributed by atoms with E-state index in [-0.39, 0.29) is 15.9 Å². The highest BCUT2D eigenvalue weighted by Gasteiger charge is 2.05. The van der Waals surface area contributed by atoms with Crippen LogP contribution < -0.4 is 11.1 Å². The number of hydrogen-bond acceptors (Lipinski definition) is 2. The van der Waals surface area contributed by atoms with Crippen molar-refractivity contribution in [3.8, 4) is 5.75 Å². The summed E-state index contributed by atoms with van der Waals surface area (Å²) in [4.78, 5) is 0. The Balaban J connectivity index is 3.06. The summed E-state index contributed by atoms with van der Waals surface area (Å²) in [5.74, 6) is -0.00448. The summed E-state index contributed by atoms with van der Waals surface area (Å²) in [6, 6.07) is 3.15. The van der Waals surface area contributed by atoms with Crippen LogP contribution in [-0.2, 0) is 0 Å². The summed E-state index contributed by atoms with van der Waals surface area (Å²) >= 11 is 13.5. The van der Waals surface area contributed by atoms with Crippen LogP contribution in [0.15, 0.2) is 16.6 Å². The highest BCUT2D eigenvalue weighted by Crippen LogP contribution is 2.34. The molecule has 1 aromatic carbocycles. The number of nitrogens with two attached hydrogens (primary N) is 1. The second-order valence-electron chi connectivity index (χ2n) is 2.28. The summed E-state index contributed by atoms with van der Waals surface area (Å²) in [6.07, 6.45) is 0. The lowest BCUT2D eigenvalue weighted by atomic mass is 10.3. The maximum Gasteiger partial charge on any atom is 0.168 e. The molecule has 1 rings (SSSR count). The average molecular weight is 282 g/mol. The predicted octanol–water partition coefficient (Wildman–Crippen LogP) is 2.46. The molecule has 0 spiro atoms. The standard InChI is InChI=1S/C7H6BrClN2OS/c8-4-1-3(11-7(10)13)2-5(9)6(4)12/h1-2,12H,(H3,10,11,13). The second-order valence-corrected chi connectivity index (χ2v) is 3.98. The summed E-state index contributed by atoms with van der Waals surface area (Å²) in [7, 11) is 0. The van der Waals surface area contributed by atoms with E-state index in [0.717, 1.165) is 0 Å². The van der Waals surface area contributed by atoms with Crippen LogP contribution in [0.5, 0.6) is 5.75 Å². The van der Waals surface area contributed by atoms with Crippen LogP contribution >= 0.6 is 39.7 Å². The quantitative estimate of drug-likeness (QED) is 0.547. The first-order chi connectivity index (χ1) is 6.00. The van der Waals surface area contributed by atoms with E-state index in [2.05, 4.69) is 33.5 Å². The monoisotopic (exact) mass is 280 g/mol. The molecule has 0 saturated carbocycles. The second kappa shape index (κ2) is 4.13. The van der Waals surface area contributed by atoms with Crippen molar-refractivity contribution in [3.05, 3.63) is 21.6 Å². The Morgan fingerprint density at radius 2 is 2.23 bits per heavy atom. The maximum absolute atomic E-state index is 9.29. The summed E-state index contributed by atoms with van der Waals surface area (Å²) < 4.78 is 0.485. The molecule has 0 bridgehead atoms. The molecule has 6 heteroatoms. The number of nitrogens with one attached hydrogen (secondary N) is 1. The third kappa shape index (κ3) is 2.72. The molecule has 1 aromatic rings. The molecule has 0 aliphatic rings. The van der Waals surface area contributed by atoms with Gasteiger partial charge in [-0.1, -0.05) is 11.6 Å². The number of anilines is 1. The van der Waals surface area contributed by atoms with Crippen molar-refractivity contribution in [2.75, 3.05) is 5.32 Å². The molecule has 0 aliphatic carbocycles. The lowest BCUT2D eigenvalue weighted by Gasteiger charge is -2.06. The van der Waals surface area contributed by atoms with Gasteiger partial charge in [0.05, 0.1) is 9.50 Å². The first-order valence-electron chi connectivity index (χ1n) is 3.25. The van der Waals surface area contributed by atoms with Gasteiger partial charge in [0.15, 0.2) is 5.11 Å². The molecule has 0 saturated heterocycles. The van der Waals surface area contributed by atoms with Crippen LogP contribution in [-0.4, -0.2) is 10.2 Å². The van der Waals surface area contributed by atoms with Gasteiger partial charge in [0.1, 0.15) is 5.75 Å². The number of aromatic hydroxyl groups is 1. The van der Waals surface area contributed by atoms with Crippen LogP contribution in [0.4, 0.5) is 5.69 Å². The molecule has 0 heterocycles. The minimum atomic E-state index is -0.00448. The molecular weight excluding hydrogens is 276 g/mol. The molecule has 0 amide bonds. The van der Waals surface area contributed by atoms with Gasteiger partial charge in [0.25, 0.3) is 0 Å². The number of rotatable bonds is 1. The maximum atomic E-state index is 9.29. The van der Waals surface area contributed by atoms with Crippen LogP contribution in [0.1, 0.15) is 0 Å². The van der Waals surface area contributed by atoms with Crippen molar-refractivity contribution in [2.24, 2.45) is 5.73 Å². The SMILES string of the molecule is NC(=S)Nc1cc(Cl)c(O)c(Br)c1. The Bertz CT molecular complexity index is 335. The largest absolute Gasteiger partial charge is 0.505 e. The van der Waals surface area contributed by atoms with Crippen LogP contribution in [0, 0.1) is 0 Å². The van der Waals surface area contributed by atoms with Crippen molar-refractivity contribution in [1.29, 1.82) is 0 Å². The van der Waals surface area contributed by atoms with E-state index in [0.29, 0.717) is 10.2 Å². The van der Waals surface area contributed by atoms with Gasteiger partial charge in [-0.05, 0) is 40.3 Å². The van der Waals surface area contributed by atoms with Gasteiger partial charge in [-0.25, -0.2) is 0 Å². The highest BCUT2D eigenvalue weighted by molar-refractivity contribution is 9.10. The molecule has 0 aromatic heterocycles. The number of phenolic OH excluding ortho intramolecular Hbond substituents is 1. The minimum absolute atomic E-state index is 0.00448. The van der Waals surface area contributed by atoms with E-state index in [9.17, 15) is 5.11 Å². The third-order valence-electron chi connectivity index (χ3n) is 1.28. The van der Waals surface area contributed by atoms with Crippen LogP contribution in [0.2, 0.25) is 5.02 Å². The number of halogens is 2. The van der Waals surface area contributed by atoms with Crippen molar-refractivity contribution < 1.29 is 5.11 Å². The summed E-state index contributed by atoms with van der Waals surface area (Å²) in [5.41, 5.74) is 5.89. The smallest absolute Gasteiger partial charge is 0.168 e. The summed E-state index contributed by atoms with van der Waals surface area (Å²) in [5, 5.41) is 12.4. The van der Waals surface area contributed by atoms with Crippen molar-refractivity contribution in [3.63, 3.8) is 0 Å². The number of benzene rings is 1. The Hall–Kier alpha value is -0.520. The predicted molar refractivity (Wildman–Crippen MR) is 61.2 cm³/mol. The number of phenols is 1. The van der Waals surface area contributed by atoms with E-state index < -0.39 is 0 Å². The van der Waals surface area contributed by atoms with E-state index in [4.69, 9.17) is 17.3 Å². The molecule has 0 fully saturated rings. The van der Waals surface area contributed by atoms with E-state index in [1.807, 2.05) is 0 Å². The molecule has 0 radical (unpaired) electrons. The average Bonchev–Trinajstić information content (AvgIpc) is 1.98. The number of hydrogen-bond donors (Lipinski definition) is 3. The molecule has 3 nitrogen and oxygen atoms in total. The third-order valence-corrected chi connectivity index (χ3v) is 2.28. The van der Waals surface area contributed by atoms with Gasteiger partial charge in [-0.3, -0.25) is 0 Å². The zero-order valence-corrected chi connectivity index (χ0v) is 9.50. The van der Waals surface area contributed by atoms with Crippen LogP contribution in [0.25, 0.3) is 0 Å². The number of thiocarbonyl (C=S) groups is 1. The molecule has 0 unspecified atom stereocenters. The van der Waals surface area contributed by atoms with Crippen molar-refractivity contribution in [2.45, 2.75) is 0 Å². The molecule has 70 valence electrons. The Morgan fingerprint density at radius 3 is 2.69 bits per heavy atom. The van der Waals surface area contributed by atoms with E-state index >= 15 is 0 Å². The Kier molecular flexibility index (Phi) is 3.35. The van der Waals surface area contributed by atoms with Gasteiger partial charge in [-0.2, -0.15) is 0 Å². The van der Waals surface area contributed by atoms with Gasteiger partial charge >= 0.3 is 0 Å². The topological polar surface area (TPSA) is 58.3 Å². The van der Waals surface area contributed by atoms with Gasteiger partial charge in [0.2, 0.25) is 0 Å². The first-order valence-corrected chi connectivity index (χ1v) is 4.83. The zero-order chi connectivity index (χ0) is 10.0. The molecular formula is C7H6BrClN2OS. The first kappa shape index (κ1) is 10.6. The van der Waals surface area contributed by atoms with Gasteiger partial charge in [-0.15, -0.1) is 0 Å². The normalized spacial score (nSPS) is 9.69. The lowest BCUT2D eigenvalue weighted by molar-refractivity contribution is 0.472. The van der Waals surface area contributed by atoms with Gasteiger partial charge in [0, 0.05) is 5.69 Å². The molecule has 0 aliphatic heterocycles. The highest BCUT2D eigenvalue weighted by atomic mass is 79.9. The Morgan fingerprint density at radius 1 is 1.62 bits per heavy atom. The summed E-state index contributed by atoms with van der Waals surface area (Å²) in [6.45, 7) is 0. The van der Waals surface area contributed by atoms with E-state index in [1.165, 1.54) is 6.07 Å². The molecule has 0 atom stereocenters. The zero-order valence-electron chi connectivity index (χ0n) is 6.34. The van der Waals surface area contributed by atoms with Gasteiger partial charge < -0.3 is 16.2 Å².